The number of hydrogen-bond donors (Lipinski definition) is 1. The van der Waals surface area contributed by atoms with Crippen molar-refractivity contribution >= 4 is 52.0 Å². The molecule has 0 aliphatic heterocycles. The van der Waals surface area contributed by atoms with Crippen LogP contribution in [-0.4, -0.2) is 33.8 Å². The number of rotatable bonds is 7. The Labute approximate surface area is 172 Å². The number of halogens is 1. The Balaban J connectivity index is 1.67. The normalized spacial score (nSPS) is 12.0. The standard InChI is InChI=1S/C20H20ClN3O3S/c1-13(20(26)22-15-7-5-6-14(21)10-15)27-19(25)11-24-17-9-4-3-8-16(17)23-18(24)12-28-2/h3-10,13H,11-12H2,1-2H3,(H,22,26)/t13-/m0/s1. The van der Waals surface area contributed by atoms with Crippen molar-refractivity contribution < 1.29 is 14.3 Å². The van der Waals surface area contributed by atoms with Crippen molar-refractivity contribution in [2.75, 3.05) is 11.6 Å². The Bertz CT molecular complexity index is 1010. The third-order valence-electron chi connectivity index (χ3n) is 4.06. The van der Waals surface area contributed by atoms with Crippen molar-refractivity contribution in [3.63, 3.8) is 0 Å². The third-order valence-corrected chi connectivity index (χ3v) is 4.85. The Hall–Kier alpha value is -2.51. The fourth-order valence-electron chi connectivity index (χ4n) is 2.77. The highest BCUT2D eigenvalue weighted by atomic mass is 35.5. The number of anilines is 1. The van der Waals surface area contributed by atoms with Gasteiger partial charge in [-0.25, -0.2) is 4.98 Å². The molecule has 0 bridgehead atoms. The van der Waals surface area contributed by atoms with Gasteiger partial charge in [-0.1, -0.05) is 29.8 Å². The van der Waals surface area contributed by atoms with Gasteiger partial charge in [0.1, 0.15) is 12.4 Å². The van der Waals surface area contributed by atoms with E-state index in [9.17, 15) is 9.59 Å². The lowest BCUT2D eigenvalue weighted by molar-refractivity contribution is -0.153. The molecule has 0 aliphatic rings. The number of thioether (sulfide) groups is 1. The Morgan fingerprint density at radius 3 is 2.79 bits per heavy atom. The molecule has 6 nitrogen and oxygen atoms in total. The van der Waals surface area contributed by atoms with E-state index in [1.807, 2.05) is 35.1 Å². The summed E-state index contributed by atoms with van der Waals surface area (Å²) in [7, 11) is 0. The van der Waals surface area contributed by atoms with Crippen LogP contribution in [0.1, 0.15) is 12.7 Å². The summed E-state index contributed by atoms with van der Waals surface area (Å²) < 4.78 is 7.16. The molecule has 1 amide bonds. The maximum absolute atomic E-state index is 12.5. The number of para-hydroxylation sites is 2. The lowest BCUT2D eigenvalue weighted by atomic mass is 10.3. The van der Waals surface area contributed by atoms with Crippen LogP contribution in [0.2, 0.25) is 5.02 Å². The third kappa shape index (κ3) is 4.85. The van der Waals surface area contributed by atoms with Crippen molar-refractivity contribution in [2.24, 2.45) is 0 Å². The van der Waals surface area contributed by atoms with Gasteiger partial charge in [-0.05, 0) is 43.5 Å². The topological polar surface area (TPSA) is 73.2 Å². The molecule has 1 N–H and O–H groups in total. The Morgan fingerprint density at radius 1 is 1.25 bits per heavy atom. The number of nitrogens with one attached hydrogen (secondary N) is 1. The molecule has 8 heteroatoms. The molecule has 0 fully saturated rings. The number of carbonyl (C=O) groups is 2. The first kappa shape index (κ1) is 20.2. The highest BCUT2D eigenvalue weighted by molar-refractivity contribution is 7.97. The van der Waals surface area contributed by atoms with Crippen molar-refractivity contribution in [1.29, 1.82) is 0 Å². The summed E-state index contributed by atoms with van der Waals surface area (Å²) in [5.74, 6) is 0.545. The number of aromatic nitrogens is 2. The van der Waals surface area contributed by atoms with Crippen LogP contribution in [-0.2, 0) is 26.6 Å². The fraction of sp³-hybridized carbons (Fsp3) is 0.250. The van der Waals surface area contributed by atoms with Crippen molar-refractivity contribution in [1.82, 2.24) is 9.55 Å². The second-order valence-electron chi connectivity index (χ2n) is 6.17. The van der Waals surface area contributed by atoms with E-state index < -0.39 is 18.0 Å². The smallest absolute Gasteiger partial charge is 0.326 e. The zero-order valence-corrected chi connectivity index (χ0v) is 17.1. The predicted molar refractivity (Wildman–Crippen MR) is 113 cm³/mol. The number of carbonyl (C=O) groups excluding carboxylic acids is 2. The number of nitrogens with zero attached hydrogens (tertiary/aromatic N) is 2. The number of imidazole rings is 1. The molecule has 1 heterocycles. The minimum absolute atomic E-state index is 0.00874. The van der Waals surface area contributed by atoms with Crippen molar-refractivity contribution in [3.05, 3.63) is 59.4 Å². The highest BCUT2D eigenvalue weighted by Gasteiger charge is 2.20. The van der Waals surface area contributed by atoms with Gasteiger partial charge < -0.3 is 14.6 Å². The first-order valence-corrected chi connectivity index (χ1v) is 10.4. The highest BCUT2D eigenvalue weighted by Crippen LogP contribution is 2.19. The van der Waals surface area contributed by atoms with Crippen molar-refractivity contribution in [3.8, 4) is 0 Å². The summed E-state index contributed by atoms with van der Waals surface area (Å²) in [5.41, 5.74) is 2.23. The van der Waals surface area contributed by atoms with Crippen molar-refractivity contribution in [2.45, 2.75) is 25.3 Å². The van der Waals surface area contributed by atoms with E-state index in [4.69, 9.17) is 16.3 Å². The minimum Gasteiger partial charge on any atom is -0.451 e. The number of benzene rings is 2. The van der Waals surface area contributed by atoms with E-state index in [0.717, 1.165) is 16.9 Å². The first-order chi connectivity index (χ1) is 13.5. The molecule has 146 valence electrons. The zero-order valence-electron chi connectivity index (χ0n) is 15.5. The number of esters is 1. The molecule has 2 aromatic carbocycles. The fourth-order valence-corrected chi connectivity index (χ4v) is 3.44. The molecule has 0 radical (unpaired) electrons. The quantitative estimate of drug-likeness (QED) is 0.585. The van der Waals surface area contributed by atoms with Crippen LogP contribution in [0.5, 0.6) is 0 Å². The van der Waals surface area contributed by atoms with E-state index >= 15 is 0 Å². The predicted octanol–water partition coefficient (Wildman–Crippen LogP) is 4.12. The van der Waals surface area contributed by atoms with Gasteiger partial charge in [0.2, 0.25) is 0 Å². The molecule has 0 saturated carbocycles. The second kappa shape index (κ2) is 9.12. The van der Waals surface area contributed by atoms with Gasteiger partial charge in [0.25, 0.3) is 5.91 Å². The van der Waals surface area contributed by atoms with Gasteiger partial charge in [-0.2, -0.15) is 11.8 Å². The maximum Gasteiger partial charge on any atom is 0.326 e. The molecule has 1 aromatic heterocycles. The molecule has 3 rings (SSSR count). The van der Waals surface area contributed by atoms with E-state index in [-0.39, 0.29) is 6.54 Å². The van der Waals surface area contributed by atoms with Crippen LogP contribution in [0, 0.1) is 0 Å². The van der Waals surface area contributed by atoms with Gasteiger partial charge in [0.15, 0.2) is 6.10 Å². The number of hydrogen-bond acceptors (Lipinski definition) is 5. The van der Waals surface area contributed by atoms with E-state index in [1.165, 1.54) is 6.92 Å². The summed E-state index contributed by atoms with van der Waals surface area (Å²) in [6, 6.07) is 14.4. The van der Waals surface area contributed by atoms with E-state index in [1.54, 1.807) is 36.0 Å². The maximum atomic E-state index is 12.5. The molecule has 0 spiro atoms. The van der Waals surface area contributed by atoms with Gasteiger partial charge in [0, 0.05) is 10.7 Å². The van der Waals surface area contributed by atoms with Gasteiger partial charge in [-0.3, -0.25) is 9.59 Å². The second-order valence-corrected chi connectivity index (χ2v) is 7.47. The summed E-state index contributed by atoms with van der Waals surface area (Å²) in [5, 5.41) is 3.19. The van der Waals surface area contributed by atoms with Crippen LogP contribution in [0.4, 0.5) is 5.69 Å². The summed E-state index contributed by atoms with van der Waals surface area (Å²) >= 11 is 7.53. The van der Waals surface area contributed by atoms with Gasteiger partial charge >= 0.3 is 5.97 Å². The number of amides is 1. The molecule has 0 aliphatic carbocycles. The minimum atomic E-state index is -0.940. The zero-order chi connectivity index (χ0) is 20.1. The summed E-state index contributed by atoms with van der Waals surface area (Å²) in [6.45, 7) is 1.53. The molecule has 28 heavy (non-hydrogen) atoms. The van der Waals surface area contributed by atoms with Crippen LogP contribution in [0.25, 0.3) is 11.0 Å². The average Bonchev–Trinajstić information content (AvgIpc) is 2.99. The van der Waals surface area contributed by atoms with Gasteiger partial charge in [0.05, 0.1) is 16.8 Å². The largest absolute Gasteiger partial charge is 0.451 e. The molecular weight excluding hydrogens is 398 g/mol. The molecule has 3 aromatic rings. The van der Waals surface area contributed by atoms with E-state index in [0.29, 0.717) is 16.5 Å². The average molecular weight is 418 g/mol. The Morgan fingerprint density at radius 2 is 2.04 bits per heavy atom. The SMILES string of the molecule is CSCc1nc2ccccc2n1CC(=O)O[C@@H](C)C(=O)Nc1cccc(Cl)c1. The van der Waals surface area contributed by atoms with Crippen LogP contribution < -0.4 is 5.32 Å². The lowest BCUT2D eigenvalue weighted by Crippen LogP contribution is -2.31. The van der Waals surface area contributed by atoms with E-state index in [2.05, 4.69) is 10.3 Å². The lowest BCUT2D eigenvalue weighted by Gasteiger charge is -2.15. The number of ether oxygens (including phenoxy) is 1. The molecule has 1 atom stereocenters. The van der Waals surface area contributed by atoms with Crippen LogP contribution in [0.15, 0.2) is 48.5 Å². The monoisotopic (exact) mass is 417 g/mol. The summed E-state index contributed by atoms with van der Waals surface area (Å²) in [4.78, 5) is 29.3. The number of fused-ring (bicyclic) bond motifs is 1. The summed E-state index contributed by atoms with van der Waals surface area (Å²) in [6.07, 6.45) is 1.04. The molecule has 0 saturated heterocycles. The molecular formula is C20H20ClN3O3S. The molecule has 0 unspecified atom stereocenters. The van der Waals surface area contributed by atoms with Crippen LogP contribution >= 0.6 is 23.4 Å². The van der Waals surface area contributed by atoms with Crippen LogP contribution in [0.3, 0.4) is 0 Å². The van der Waals surface area contributed by atoms with Gasteiger partial charge in [-0.15, -0.1) is 0 Å². The first-order valence-electron chi connectivity index (χ1n) is 8.67. The Kier molecular flexibility index (Phi) is 6.59.